The van der Waals surface area contributed by atoms with Crippen LogP contribution in [0.4, 0.5) is 11.4 Å². The molecule has 3 fully saturated rings. The second-order valence-corrected chi connectivity index (χ2v) is 13.7. The van der Waals surface area contributed by atoms with Gasteiger partial charge in [0.25, 0.3) is 5.91 Å². The SMILES string of the molecule is C=CCN(C(=O)[C@@H]1[C@@H]2CCC3(S2)C(C(=O)N(CC=C)c2ccccc2Cl)N([C@@H](CO)[C@@H](C)CC)C(=O)[C@H]13)c1ccccc1. The molecular weight excluding hydrogens is 582 g/mol. The van der Waals surface area contributed by atoms with Crippen molar-refractivity contribution in [3.63, 3.8) is 0 Å². The van der Waals surface area contributed by atoms with E-state index in [1.54, 1.807) is 56.8 Å². The van der Waals surface area contributed by atoms with Gasteiger partial charge in [-0.2, -0.15) is 0 Å². The van der Waals surface area contributed by atoms with E-state index in [4.69, 9.17) is 11.6 Å². The molecule has 3 aliphatic rings. The number of likely N-dealkylation sites (tertiary alicyclic amines) is 1. The molecule has 0 saturated carbocycles. The average molecular weight is 622 g/mol. The maximum atomic E-state index is 14.9. The first kappa shape index (κ1) is 31.4. The Labute approximate surface area is 263 Å². The van der Waals surface area contributed by atoms with Crippen molar-refractivity contribution in [1.82, 2.24) is 4.90 Å². The van der Waals surface area contributed by atoms with Gasteiger partial charge < -0.3 is 19.8 Å². The van der Waals surface area contributed by atoms with E-state index in [0.29, 0.717) is 30.1 Å². The molecule has 3 amide bonds. The Morgan fingerprint density at radius 3 is 2.37 bits per heavy atom. The van der Waals surface area contributed by atoms with Crippen LogP contribution >= 0.6 is 23.4 Å². The third-order valence-corrected chi connectivity index (χ3v) is 11.7. The van der Waals surface area contributed by atoms with E-state index < -0.39 is 28.7 Å². The summed E-state index contributed by atoms with van der Waals surface area (Å²) < 4.78 is -0.808. The van der Waals surface area contributed by atoms with E-state index >= 15 is 0 Å². The minimum absolute atomic E-state index is 0.0643. The third kappa shape index (κ3) is 5.21. The fourth-order valence-corrected chi connectivity index (χ4v) is 9.75. The van der Waals surface area contributed by atoms with Gasteiger partial charge in [-0.05, 0) is 43.0 Å². The lowest BCUT2D eigenvalue weighted by molar-refractivity contribution is -0.143. The molecule has 7 atom stereocenters. The van der Waals surface area contributed by atoms with Crippen LogP contribution in [0.25, 0.3) is 0 Å². The molecule has 2 aromatic rings. The van der Waals surface area contributed by atoms with Gasteiger partial charge in [0.15, 0.2) is 0 Å². The van der Waals surface area contributed by atoms with E-state index in [-0.39, 0.29) is 42.0 Å². The number of para-hydroxylation sites is 2. The van der Waals surface area contributed by atoms with Crippen molar-refractivity contribution in [2.24, 2.45) is 17.8 Å². The number of rotatable bonds is 12. The summed E-state index contributed by atoms with van der Waals surface area (Å²) in [7, 11) is 0. The second kappa shape index (κ2) is 12.9. The number of benzene rings is 2. The predicted octanol–water partition coefficient (Wildman–Crippen LogP) is 5.58. The Bertz CT molecular complexity index is 1390. The number of anilines is 2. The molecule has 1 N–H and O–H groups in total. The number of fused-ring (bicyclic) bond motifs is 1. The Morgan fingerprint density at radius 1 is 1.09 bits per heavy atom. The number of aliphatic hydroxyl groups is 1. The highest BCUT2D eigenvalue weighted by Gasteiger charge is 2.75. The minimum atomic E-state index is -0.871. The van der Waals surface area contributed by atoms with Crippen molar-refractivity contribution >= 4 is 52.5 Å². The number of nitrogens with zero attached hydrogens (tertiary/aromatic N) is 3. The molecule has 2 unspecified atom stereocenters. The summed E-state index contributed by atoms with van der Waals surface area (Å²) in [5, 5.41) is 11.0. The maximum absolute atomic E-state index is 14.9. The van der Waals surface area contributed by atoms with Gasteiger partial charge in [-0.3, -0.25) is 14.4 Å². The van der Waals surface area contributed by atoms with Gasteiger partial charge in [-0.1, -0.05) is 74.4 Å². The van der Waals surface area contributed by atoms with E-state index in [1.807, 2.05) is 50.2 Å². The molecule has 5 rings (SSSR count). The maximum Gasteiger partial charge on any atom is 0.251 e. The number of hydrogen-bond acceptors (Lipinski definition) is 5. The van der Waals surface area contributed by atoms with Gasteiger partial charge in [0, 0.05) is 24.0 Å². The van der Waals surface area contributed by atoms with Crippen molar-refractivity contribution in [3.05, 3.63) is 84.9 Å². The second-order valence-electron chi connectivity index (χ2n) is 11.7. The quantitative estimate of drug-likeness (QED) is 0.313. The smallest absolute Gasteiger partial charge is 0.251 e. The normalized spacial score (nSPS) is 27.0. The van der Waals surface area contributed by atoms with Crippen LogP contribution in [0, 0.1) is 17.8 Å². The van der Waals surface area contributed by atoms with Crippen molar-refractivity contribution in [1.29, 1.82) is 0 Å². The van der Waals surface area contributed by atoms with Crippen LogP contribution in [-0.2, 0) is 14.4 Å². The zero-order valence-electron chi connectivity index (χ0n) is 24.8. The molecular formula is C34H40ClN3O4S. The molecule has 1 spiro atoms. The summed E-state index contributed by atoms with van der Waals surface area (Å²) in [6.45, 7) is 12.0. The third-order valence-electron chi connectivity index (χ3n) is 9.47. The number of carbonyl (C=O) groups is 3. The van der Waals surface area contributed by atoms with Crippen LogP contribution in [-0.4, -0.2) is 69.5 Å². The molecule has 43 heavy (non-hydrogen) atoms. The Kier molecular flexibility index (Phi) is 9.40. The molecule has 9 heteroatoms. The first-order valence-electron chi connectivity index (χ1n) is 15.0. The highest BCUT2D eigenvalue weighted by molar-refractivity contribution is 8.02. The fraction of sp³-hybridized carbons (Fsp3) is 0.441. The zero-order valence-corrected chi connectivity index (χ0v) is 26.3. The number of amides is 3. The zero-order chi connectivity index (χ0) is 30.9. The van der Waals surface area contributed by atoms with Gasteiger partial charge in [0.2, 0.25) is 11.8 Å². The van der Waals surface area contributed by atoms with Gasteiger partial charge in [-0.15, -0.1) is 24.9 Å². The van der Waals surface area contributed by atoms with Crippen LogP contribution < -0.4 is 9.80 Å². The number of halogens is 1. The van der Waals surface area contributed by atoms with Crippen LogP contribution in [0.3, 0.4) is 0 Å². The summed E-state index contributed by atoms with van der Waals surface area (Å²) in [5.41, 5.74) is 1.28. The standard InChI is InChI=1S/C34H40ClN3O4S/c1-5-19-36(23-13-9-8-10-14-23)31(40)28-27-17-18-34(43-27)29(28)32(41)38(26(21-39)22(4)7-3)30(34)33(42)37(20-6-2)25-16-12-11-15-24(25)35/h5-6,8-16,22,26-30,39H,1-2,7,17-21H2,3-4H3/t22-,26-,27-,28+,29-,30?,34?/m0/s1. The Balaban J connectivity index is 1.62. The molecule has 7 nitrogen and oxygen atoms in total. The Morgan fingerprint density at radius 2 is 1.74 bits per heavy atom. The minimum Gasteiger partial charge on any atom is -0.394 e. The number of aliphatic hydroxyl groups excluding tert-OH is 1. The van der Waals surface area contributed by atoms with E-state index in [0.717, 1.165) is 12.1 Å². The lowest BCUT2D eigenvalue weighted by atomic mass is 9.70. The largest absolute Gasteiger partial charge is 0.394 e. The summed E-state index contributed by atoms with van der Waals surface area (Å²) in [6.07, 6.45) is 5.41. The van der Waals surface area contributed by atoms with Crippen molar-refractivity contribution in [2.75, 3.05) is 29.5 Å². The van der Waals surface area contributed by atoms with Crippen molar-refractivity contribution < 1.29 is 19.5 Å². The van der Waals surface area contributed by atoms with E-state index in [9.17, 15) is 19.5 Å². The summed E-state index contributed by atoms with van der Waals surface area (Å²) in [6, 6.07) is 15.1. The summed E-state index contributed by atoms with van der Waals surface area (Å²) >= 11 is 8.22. The van der Waals surface area contributed by atoms with Crippen molar-refractivity contribution in [2.45, 2.75) is 55.2 Å². The van der Waals surface area contributed by atoms with Crippen LogP contribution in [0.1, 0.15) is 33.1 Å². The molecule has 3 heterocycles. The molecule has 228 valence electrons. The molecule has 0 aliphatic carbocycles. The summed E-state index contributed by atoms with van der Waals surface area (Å²) in [4.78, 5) is 49.0. The fourth-order valence-electron chi connectivity index (χ4n) is 7.32. The first-order valence-corrected chi connectivity index (χ1v) is 16.3. The van der Waals surface area contributed by atoms with Gasteiger partial charge in [-0.25, -0.2) is 0 Å². The lowest BCUT2D eigenvalue weighted by Gasteiger charge is -2.41. The topological polar surface area (TPSA) is 81.2 Å². The average Bonchev–Trinajstić information content (AvgIpc) is 3.67. The molecule has 2 bridgehead atoms. The van der Waals surface area contributed by atoms with Crippen molar-refractivity contribution in [3.8, 4) is 0 Å². The highest BCUT2D eigenvalue weighted by atomic mass is 35.5. The van der Waals surface area contributed by atoms with E-state index in [2.05, 4.69) is 13.2 Å². The number of carbonyl (C=O) groups excluding carboxylic acids is 3. The van der Waals surface area contributed by atoms with Gasteiger partial charge in [0.05, 0.1) is 39.9 Å². The molecule has 2 aromatic carbocycles. The van der Waals surface area contributed by atoms with Gasteiger partial charge >= 0.3 is 0 Å². The summed E-state index contributed by atoms with van der Waals surface area (Å²) in [5.74, 6) is -1.98. The first-order chi connectivity index (χ1) is 20.7. The Hall–Kier alpha value is -3.07. The monoisotopic (exact) mass is 621 g/mol. The lowest BCUT2D eigenvalue weighted by Crippen LogP contribution is -2.58. The van der Waals surface area contributed by atoms with Crippen LogP contribution in [0.5, 0.6) is 0 Å². The molecule has 0 aromatic heterocycles. The van der Waals surface area contributed by atoms with Crippen LogP contribution in [0.2, 0.25) is 5.02 Å². The molecule has 0 radical (unpaired) electrons. The van der Waals surface area contributed by atoms with Crippen LogP contribution in [0.15, 0.2) is 79.9 Å². The highest BCUT2D eigenvalue weighted by Crippen LogP contribution is 2.67. The molecule has 3 aliphatic heterocycles. The number of thioether (sulfide) groups is 1. The predicted molar refractivity (Wildman–Crippen MR) is 174 cm³/mol. The van der Waals surface area contributed by atoms with E-state index in [1.165, 1.54) is 0 Å². The number of hydrogen-bond donors (Lipinski definition) is 1. The molecule has 3 saturated heterocycles. The van der Waals surface area contributed by atoms with Gasteiger partial charge in [0.1, 0.15) is 6.04 Å².